The summed E-state index contributed by atoms with van der Waals surface area (Å²) >= 11 is 3.51. The van der Waals surface area contributed by atoms with Crippen molar-refractivity contribution >= 4 is 55.4 Å². The number of H-pyrrole nitrogens is 2. The zero-order chi connectivity index (χ0) is 39.4. The number of ether oxygens (including phenoxy) is 4. The number of carbonyl (C=O) groups excluding carboxylic acids is 2. The van der Waals surface area contributed by atoms with E-state index >= 15 is 0 Å². The summed E-state index contributed by atoms with van der Waals surface area (Å²) in [7, 11) is 0. The Morgan fingerprint density at radius 2 is 1.16 bits per heavy atom. The fraction of sp³-hybridized carbons (Fsp3) is 0.348. The van der Waals surface area contributed by atoms with E-state index in [0.717, 1.165) is 67.8 Å². The first kappa shape index (κ1) is 40.4. The van der Waals surface area contributed by atoms with Crippen LogP contribution in [0, 0.1) is 13.8 Å². The van der Waals surface area contributed by atoms with Crippen molar-refractivity contribution in [3.05, 3.63) is 123 Å². The summed E-state index contributed by atoms with van der Waals surface area (Å²) in [5.74, 6) is 1.35. The highest BCUT2D eigenvalue weighted by Crippen LogP contribution is 2.28. The van der Waals surface area contributed by atoms with Gasteiger partial charge in [-0.3, -0.25) is 9.59 Å². The SMILES string of the molecule is CCOC(=O)CCc1cc2cc(OCc3ccc(Br)c(C)c3)ccc2[nH]1.CCOC(=O)CCc1cc2cc(OCc3ccc(N4CCCC4)c(C)c3)ccc2[nH]1.[HH].[HH]. The molecule has 2 N–H and O–H groups in total. The second-order valence-corrected chi connectivity index (χ2v) is 15.0. The third-order valence-corrected chi connectivity index (χ3v) is 10.7. The molecule has 0 spiro atoms. The van der Waals surface area contributed by atoms with E-state index in [0.29, 0.717) is 52.1 Å². The number of aromatic nitrogens is 2. The molecule has 4 aromatic carbocycles. The van der Waals surface area contributed by atoms with Gasteiger partial charge in [-0.25, -0.2) is 0 Å². The quantitative estimate of drug-likeness (QED) is 0.0993. The maximum absolute atomic E-state index is 11.6. The zero-order valence-corrected chi connectivity index (χ0v) is 34.4. The minimum Gasteiger partial charge on any atom is -0.489 e. The number of fused-ring (bicyclic) bond motifs is 2. The molecule has 0 atom stereocenters. The molecule has 1 fully saturated rings. The summed E-state index contributed by atoms with van der Waals surface area (Å²) in [6, 6.07) is 29.0. The van der Waals surface area contributed by atoms with Crippen LogP contribution in [0.4, 0.5) is 5.69 Å². The van der Waals surface area contributed by atoms with E-state index in [1.807, 2.05) is 56.3 Å². The van der Waals surface area contributed by atoms with Gasteiger partial charge in [0.25, 0.3) is 0 Å². The van der Waals surface area contributed by atoms with Crippen LogP contribution in [0.3, 0.4) is 0 Å². The monoisotopic (exact) mass is 825 g/mol. The minimum atomic E-state index is -0.167. The molecule has 2 aromatic heterocycles. The molecule has 7 rings (SSSR count). The molecule has 3 heterocycles. The lowest BCUT2D eigenvalue weighted by Gasteiger charge is -2.20. The van der Waals surface area contributed by atoms with Crippen molar-refractivity contribution in [1.29, 1.82) is 0 Å². The van der Waals surface area contributed by atoms with Gasteiger partial charge in [-0.05, 0) is 136 Å². The van der Waals surface area contributed by atoms with Crippen LogP contribution < -0.4 is 14.4 Å². The molecule has 10 heteroatoms. The third kappa shape index (κ3) is 11.2. The fourth-order valence-electron chi connectivity index (χ4n) is 6.98. The summed E-state index contributed by atoms with van der Waals surface area (Å²) in [4.78, 5) is 32.2. The van der Waals surface area contributed by atoms with E-state index in [4.69, 9.17) is 18.9 Å². The second-order valence-electron chi connectivity index (χ2n) is 14.2. The molecule has 0 amide bonds. The summed E-state index contributed by atoms with van der Waals surface area (Å²) in [5.41, 5.74) is 10.3. The molecule has 0 aliphatic carbocycles. The van der Waals surface area contributed by atoms with Crippen LogP contribution >= 0.6 is 15.9 Å². The molecule has 9 nitrogen and oxygen atoms in total. The summed E-state index contributed by atoms with van der Waals surface area (Å²) in [6.07, 6.45) is 4.63. The van der Waals surface area contributed by atoms with Gasteiger partial charge in [-0.2, -0.15) is 0 Å². The van der Waals surface area contributed by atoms with Crippen molar-refractivity contribution < 1.29 is 31.4 Å². The number of benzene rings is 4. The Kier molecular flexibility index (Phi) is 14.1. The number of halogens is 1. The number of nitrogens with zero attached hydrogens (tertiary/aromatic N) is 1. The van der Waals surface area contributed by atoms with Gasteiger partial charge in [-0.1, -0.05) is 40.2 Å². The number of carbonyl (C=O) groups is 2. The first-order chi connectivity index (χ1) is 27.2. The van der Waals surface area contributed by atoms with Gasteiger partial charge in [0.15, 0.2) is 0 Å². The zero-order valence-electron chi connectivity index (χ0n) is 32.8. The van der Waals surface area contributed by atoms with Gasteiger partial charge in [0, 0.05) is 59.3 Å². The van der Waals surface area contributed by atoms with Crippen LogP contribution in [0.25, 0.3) is 21.8 Å². The van der Waals surface area contributed by atoms with Crippen molar-refractivity contribution in [2.45, 2.75) is 79.4 Å². The average molecular weight is 827 g/mol. The lowest BCUT2D eigenvalue weighted by Crippen LogP contribution is -2.18. The Bertz CT molecular complexity index is 2270. The number of hydrogen-bond donors (Lipinski definition) is 2. The molecule has 56 heavy (non-hydrogen) atoms. The maximum atomic E-state index is 11.6. The summed E-state index contributed by atoms with van der Waals surface area (Å²) in [6.45, 7) is 12.1. The number of nitrogens with one attached hydrogen (secondary N) is 2. The summed E-state index contributed by atoms with van der Waals surface area (Å²) in [5, 5.41) is 2.17. The predicted octanol–water partition coefficient (Wildman–Crippen LogP) is 11.0. The van der Waals surface area contributed by atoms with E-state index in [-0.39, 0.29) is 14.8 Å². The highest BCUT2D eigenvalue weighted by Gasteiger charge is 2.15. The molecule has 0 radical (unpaired) electrons. The van der Waals surface area contributed by atoms with Crippen LogP contribution in [0.2, 0.25) is 0 Å². The number of aromatic amines is 2. The number of aryl methyl sites for hydroxylation is 4. The Labute approximate surface area is 340 Å². The molecule has 0 saturated carbocycles. The smallest absolute Gasteiger partial charge is 0.306 e. The topological polar surface area (TPSA) is 106 Å². The largest absolute Gasteiger partial charge is 0.489 e. The molecular weight excluding hydrogens is 770 g/mol. The van der Waals surface area contributed by atoms with E-state index in [1.165, 1.54) is 35.2 Å². The molecule has 298 valence electrons. The van der Waals surface area contributed by atoms with Gasteiger partial charge in [0.05, 0.1) is 26.1 Å². The van der Waals surface area contributed by atoms with E-state index in [9.17, 15) is 9.59 Å². The third-order valence-electron chi connectivity index (χ3n) is 9.84. The first-order valence-electron chi connectivity index (χ1n) is 19.6. The lowest BCUT2D eigenvalue weighted by atomic mass is 10.1. The van der Waals surface area contributed by atoms with E-state index < -0.39 is 0 Å². The number of anilines is 1. The van der Waals surface area contributed by atoms with Crippen LogP contribution in [0.5, 0.6) is 11.5 Å². The molecular formula is C46H56BrN3O6. The molecule has 0 bridgehead atoms. The second kappa shape index (κ2) is 19.6. The van der Waals surface area contributed by atoms with Gasteiger partial charge < -0.3 is 33.8 Å². The Morgan fingerprint density at radius 3 is 1.64 bits per heavy atom. The maximum Gasteiger partial charge on any atom is 0.306 e. The Morgan fingerprint density at radius 1 is 0.661 bits per heavy atom. The highest BCUT2D eigenvalue weighted by atomic mass is 79.9. The van der Waals surface area contributed by atoms with Gasteiger partial charge in [0.2, 0.25) is 0 Å². The molecule has 1 aliphatic rings. The van der Waals surface area contributed by atoms with Crippen LogP contribution in [0.1, 0.15) is 76.0 Å². The predicted molar refractivity (Wildman–Crippen MR) is 231 cm³/mol. The standard InChI is InChI=1S/C25H30N2O3.C21H22BrNO3.2H2/c1-3-29-25(28)11-7-21-15-20-16-22(8-9-23(20)26-21)30-17-19-6-10-24(18(2)14-19)27-12-4-5-13-27;1-3-25-21(24)9-5-17-11-16-12-18(6-8-20(16)23-17)26-13-15-4-7-19(22)14(2)10-15;;/h6,8-10,14-16,26H,3-5,7,11-13,17H2,1-2H3;4,6-8,10-12,23H,3,5,9,13H2,1-2H3;2*1H. The van der Waals surface area contributed by atoms with Crippen molar-refractivity contribution in [3.63, 3.8) is 0 Å². The van der Waals surface area contributed by atoms with E-state index in [1.54, 1.807) is 0 Å². The summed E-state index contributed by atoms with van der Waals surface area (Å²) < 4.78 is 23.1. The van der Waals surface area contributed by atoms with E-state index in [2.05, 4.69) is 87.1 Å². The van der Waals surface area contributed by atoms with Gasteiger partial charge >= 0.3 is 11.9 Å². The molecule has 1 saturated heterocycles. The molecule has 0 unspecified atom stereocenters. The Hall–Kier alpha value is -5.22. The Balaban J connectivity index is 0.000000251. The average Bonchev–Trinajstić information content (AvgIpc) is 3.96. The fourth-order valence-corrected chi connectivity index (χ4v) is 7.23. The van der Waals surface area contributed by atoms with Crippen molar-refractivity contribution in [2.24, 2.45) is 0 Å². The normalized spacial score (nSPS) is 12.4. The van der Waals surface area contributed by atoms with Crippen molar-refractivity contribution in [2.75, 3.05) is 31.2 Å². The first-order valence-corrected chi connectivity index (χ1v) is 20.4. The van der Waals surface area contributed by atoms with Crippen molar-refractivity contribution in [1.82, 2.24) is 9.97 Å². The van der Waals surface area contributed by atoms with Crippen LogP contribution in [0.15, 0.2) is 89.4 Å². The molecule has 6 aromatic rings. The number of esters is 2. The van der Waals surface area contributed by atoms with Crippen molar-refractivity contribution in [3.8, 4) is 11.5 Å². The number of rotatable bonds is 15. The number of hydrogen-bond acceptors (Lipinski definition) is 7. The van der Waals surface area contributed by atoms with Gasteiger partial charge in [-0.15, -0.1) is 0 Å². The minimum absolute atomic E-state index is 0. The highest BCUT2D eigenvalue weighted by molar-refractivity contribution is 9.10. The van der Waals surface area contributed by atoms with Gasteiger partial charge in [0.1, 0.15) is 24.7 Å². The molecule has 1 aliphatic heterocycles. The lowest BCUT2D eigenvalue weighted by molar-refractivity contribution is -0.144. The van der Waals surface area contributed by atoms with Crippen LogP contribution in [-0.2, 0) is 45.1 Å². The van der Waals surface area contributed by atoms with Crippen LogP contribution in [-0.4, -0.2) is 48.2 Å².